The average molecular weight is 1610 g/mol. The quantitative estimate of drug-likeness (QED) is 0.0240. The van der Waals surface area contributed by atoms with Crippen LogP contribution < -0.4 is 53.3 Å². The van der Waals surface area contributed by atoms with Crippen molar-refractivity contribution in [3.05, 3.63) is 268 Å². The summed E-state index contributed by atoms with van der Waals surface area (Å²) in [6, 6.07) is 49.8. The number of hydrogen-bond acceptors (Lipinski definition) is 20. The van der Waals surface area contributed by atoms with Crippen LogP contribution in [0.5, 0.6) is 23.4 Å². The number of ether oxygens (including phenoxy) is 4. The summed E-state index contributed by atoms with van der Waals surface area (Å²) in [6.45, 7) is 1.71. The highest BCUT2D eigenvalue weighted by Crippen LogP contribution is 2.43. The van der Waals surface area contributed by atoms with E-state index in [1.54, 1.807) is 122 Å². The van der Waals surface area contributed by atoms with Crippen LogP contribution in [0.25, 0.3) is 61.7 Å². The maximum Gasteiger partial charge on any atom is 0.429 e. The van der Waals surface area contributed by atoms with Crippen LogP contribution in [0.1, 0.15) is 57.4 Å². The molecule has 596 valence electrons. The summed E-state index contributed by atoms with van der Waals surface area (Å²) in [5.41, 5.74) is 40.9. The van der Waals surface area contributed by atoms with Crippen molar-refractivity contribution in [1.29, 1.82) is 0 Å². The topological polar surface area (TPSA) is 400 Å². The first-order chi connectivity index (χ1) is 54.4. The Kier molecular flexibility index (Phi) is 26.7. The lowest BCUT2D eigenvalue weighted by Crippen LogP contribution is -2.32. The van der Waals surface area contributed by atoms with Gasteiger partial charge in [-0.2, -0.15) is 59.6 Å². The van der Waals surface area contributed by atoms with Crippen molar-refractivity contribution in [2.24, 2.45) is 17.2 Å². The van der Waals surface area contributed by atoms with Crippen LogP contribution in [-0.2, 0) is 33.6 Å². The lowest BCUT2D eigenvalue weighted by Gasteiger charge is -2.24. The molecule has 0 saturated heterocycles. The number of nitrogens with two attached hydrogens (primary N) is 6. The van der Waals surface area contributed by atoms with Crippen molar-refractivity contribution in [3.8, 4) is 85.1 Å². The summed E-state index contributed by atoms with van der Waals surface area (Å²) in [4.78, 5) is 56.7. The van der Waals surface area contributed by atoms with Crippen LogP contribution in [0.2, 0.25) is 5.02 Å². The number of aliphatic carboxylic acids is 3. The summed E-state index contributed by atoms with van der Waals surface area (Å²) in [7, 11) is 1.53. The van der Waals surface area contributed by atoms with Crippen molar-refractivity contribution in [3.63, 3.8) is 0 Å². The Morgan fingerprint density at radius 3 is 1.13 bits per heavy atom. The first kappa shape index (κ1) is 84.1. The number of hydrogen-bond donors (Lipinski definition) is 9. The fraction of sp³-hybridized carbons (Fsp3) is 0.175. The third-order valence-corrected chi connectivity index (χ3v) is 17.3. The van der Waals surface area contributed by atoms with Crippen molar-refractivity contribution in [2.45, 2.75) is 81.2 Å². The van der Waals surface area contributed by atoms with Gasteiger partial charge in [0, 0.05) is 62.8 Å². The van der Waals surface area contributed by atoms with Gasteiger partial charge in [0.1, 0.15) is 29.7 Å². The first-order valence-electron chi connectivity index (χ1n) is 34.2. The van der Waals surface area contributed by atoms with Crippen LogP contribution in [0.4, 0.5) is 61.7 Å². The average Bonchev–Trinajstić information content (AvgIpc) is 1.78. The molecular weight excluding hydrogens is 1540 g/mol. The Balaban J connectivity index is 0.000000182. The minimum Gasteiger partial charge on any atom is -0.497 e. The zero-order chi connectivity index (χ0) is 83.2. The zero-order valence-electron chi connectivity index (χ0n) is 60.3. The summed E-state index contributed by atoms with van der Waals surface area (Å²) in [5, 5.41) is 31.4. The fourth-order valence-electron chi connectivity index (χ4n) is 11.4. The summed E-state index contributed by atoms with van der Waals surface area (Å²) in [6.07, 6.45) is -19.6. The molecule has 4 aromatic heterocycles. The number of nitrogens with zero attached hydrogens (tertiary/aromatic N) is 8. The molecule has 115 heavy (non-hydrogen) atoms. The highest BCUT2D eigenvalue weighted by Gasteiger charge is 2.47. The van der Waals surface area contributed by atoms with Crippen LogP contribution in [-0.4, -0.2) is 117 Å². The van der Waals surface area contributed by atoms with Gasteiger partial charge in [0.15, 0.2) is 0 Å². The molecular formula is C80H69ClF10N14O10. The Labute approximate surface area is 653 Å². The Morgan fingerprint density at radius 2 is 0.791 bits per heavy atom. The predicted molar refractivity (Wildman–Crippen MR) is 405 cm³/mol. The summed E-state index contributed by atoms with van der Waals surface area (Å²) >= 11 is 6.08. The van der Waals surface area contributed by atoms with Crippen LogP contribution >= 0.6 is 11.6 Å². The number of methoxy groups -OCH3 is 1. The molecule has 8 aromatic carbocycles. The molecule has 35 heteroatoms. The van der Waals surface area contributed by atoms with Crippen molar-refractivity contribution in [2.75, 3.05) is 24.3 Å². The van der Waals surface area contributed by atoms with E-state index >= 15 is 0 Å². The minimum absolute atomic E-state index is 0.0883. The molecule has 15 N–H and O–H groups in total. The largest absolute Gasteiger partial charge is 0.497 e. The van der Waals surface area contributed by atoms with E-state index in [2.05, 4.69) is 35.0 Å². The SMILES string of the molecule is COc1cccc(-c2ccc([C@@H](Oc3cc(-c4ccc(CC(N)C(=O)O)cc4)nc(N)n3)C(F)(F)F)cc2)c1.Cc1ccn(-c2cc(Cl)ccc2[C@@H](Oc2cc(-c3ccc(CC(N)C(=O)O)cc3)nc(N)n2)C(F)(F)F)n1.Nc1nc(O[C@H](c2ccc(-c3cccc(F)c3)cc2)C(F)(F)F)cc(-c2ccc(CC(N)C(=O)O)cc2)n1. The van der Waals surface area contributed by atoms with E-state index in [1.165, 1.54) is 109 Å². The van der Waals surface area contributed by atoms with Gasteiger partial charge in [-0.15, -0.1) is 0 Å². The molecule has 3 unspecified atom stereocenters. The Morgan fingerprint density at radius 1 is 0.435 bits per heavy atom. The number of nitrogen functional groups attached to an aromatic ring is 3. The van der Waals surface area contributed by atoms with Crippen molar-refractivity contribution in [1.82, 2.24) is 39.7 Å². The number of anilines is 3. The van der Waals surface area contributed by atoms with Gasteiger partial charge in [-0.05, 0) is 108 Å². The highest BCUT2D eigenvalue weighted by molar-refractivity contribution is 6.30. The molecule has 0 fully saturated rings. The second-order valence-corrected chi connectivity index (χ2v) is 26.0. The van der Waals surface area contributed by atoms with E-state index in [1.807, 2.05) is 6.07 Å². The molecule has 0 aliphatic rings. The van der Waals surface area contributed by atoms with Gasteiger partial charge in [0.05, 0.1) is 35.6 Å². The molecule has 6 atom stereocenters. The van der Waals surface area contributed by atoms with E-state index in [4.69, 9.17) is 80.3 Å². The normalized spacial score (nSPS) is 13.1. The number of aromatic nitrogens is 8. The van der Waals surface area contributed by atoms with E-state index in [9.17, 15) is 58.3 Å². The maximum atomic E-state index is 14.3. The number of alkyl halides is 9. The molecule has 0 amide bonds. The van der Waals surface area contributed by atoms with Gasteiger partial charge in [0.2, 0.25) is 53.8 Å². The number of halogens is 11. The van der Waals surface area contributed by atoms with Gasteiger partial charge >= 0.3 is 36.4 Å². The molecule has 24 nitrogen and oxygen atoms in total. The second-order valence-electron chi connectivity index (χ2n) is 25.6. The number of carbonyl (C=O) groups is 3. The lowest BCUT2D eigenvalue weighted by molar-refractivity contribution is -0.199. The number of aryl methyl sites for hydroxylation is 1. The molecule has 0 spiro atoms. The molecule has 0 bridgehead atoms. The van der Waals surface area contributed by atoms with E-state index < -0.39 is 84.6 Å². The van der Waals surface area contributed by atoms with Gasteiger partial charge < -0.3 is 68.7 Å². The minimum atomic E-state index is -4.84. The highest BCUT2D eigenvalue weighted by atomic mass is 35.5. The van der Waals surface area contributed by atoms with Crippen molar-refractivity contribution >= 4 is 47.4 Å². The van der Waals surface area contributed by atoms with Gasteiger partial charge in [0.25, 0.3) is 0 Å². The molecule has 0 aliphatic carbocycles. The molecule has 0 saturated carbocycles. The monoisotopic (exact) mass is 1610 g/mol. The van der Waals surface area contributed by atoms with Crippen LogP contribution in [0.3, 0.4) is 0 Å². The third kappa shape index (κ3) is 23.0. The molecule has 4 heterocycles. The lowest BCUT2D eigenvalue weighted by atomic mass is 10.0. The van der Waals surface area contributed by atoms with Crippen molar-refractivity contribution < 1.29 is 92.6 Å². The number of carboxylic acid groups (broad SMARTS) is 3. The van der Waals surface area contributed by atoms with Gasteiger partial charge in [-0.3, -0.25) is 14.4 Å². The molecule has 12 aromatic rings. The number of benzene rings is 8. The summed E-state index contributed by atoms with van der Waals surface area (Å²) < 4.78 is 163. The van der Waals surface area contributed by atoms with Crippen LogP contribution in [0, 0.1) is 12.7 Å². The van der Waals surface area contributed by atoms with E-state index in [-0.39, 0.29) is 93.3 Å². The van der Waals surface area contributed by atoms with Gasteiger partial charge in [-0.1, -0.05) is 163 Å². The van der Waals surface area contributed by atoms with Crippen LogP contribution in [0.15, 0.2) is 219 Å². The molecule has 0 radical (unpaired) electrons. The van der Waals surface area contributed by atoms with E-state index in [0.29, 0.717) is 61.5 Å². The Hall–Kier alpha value is -13.3. The molecule has 12 rings (SSSR count). The Bertz CT molecular complexity index is 5390. The maximum absolute atomic E-state index is 14.3. The molecule has 0 aliphatic heterocycles. The fourth-order valence-corrected chi connectivity index (χ4v) is 11.6. The van der Waals surface area contributed by atoms with E-state index in [0.717, 1.165) is 5.56 Å². The standard InChI is InChI=1S/C28H25F3N4O4.C27H22F4N4O3.C25H22ClF3N6O3/c1-38-21-4-2-3-20(14-21)17-9-11-19(12-10-17)25(28(29,30)31)39-24-15-23(34-27(33)35-24)18-7-5-16(6-8-18)13-22(32)26(36)37;28-20-3-1-2-19(13-20)16-8-10-18(11-9-16)24(27(29,30)31)38-23-14-22(34-26(33)35-23)17-6-4-15(5-7-17)12-21(32)25(36)37;1-13-8-9-35(34-13)20-11-16(26)6-7-17(20)22(25(27,28)29)38-21-12-19(32-24(31)33-21)15-4-2-14(3-5-15)10-18(30)23(36)37/h2-12,14-15,22,25H,13,32H2,1H3,(H,36,37)(H2,33,34,35);1-11,13-14,21,24H,12,32H2,(H,36,37)(H2,33,34,35);2-9,11-12,18,22H,10,30H2,1H3,(H,36,37)(H2,31,32,33)/t22?,25-;21?,24-;18?,22-/m111/s1. The summed E-state index contributed by atoms with van der Waals surface area (Å²) in [5.74, 6) is -5.23. The number of rotatable bonds is 25. The first-order valence-corrected chi connectivity index (χ1v) is 34.6. The zero-order valence-corrected chi connectivity index (χ0v) is 61.0. The third-order valence-electron chi connectivity index (χ3n) is 17.1. The smallest absolute Gasteiger partial charge is 0.429 e. The predicted octanol–water partition coefficient (Wildman–Crippen LogP) is 14.7. The second kappa shape index (κ2) is 36.4. The van der Waals surface area contributed by atoms with Gasteiger partial charge in [-0.25, -0.2) is 24.0 Å². The number of carboxylic acids is 3.